The summed E-state index contributed by atoms with van der Waals surface area (Å²) in [5.41, 5.74) is -5.07. The molecule has 12 heteroatoms. The van der Waals surface area contributed by atoms with Crippen molar-refractivity contribution >= 4 is 21.7 Å². The van der Waals surface area contributed by atoms with E-state index >= 15 is 0 Å². The number of fused-ring (bicyclic) bond motifs is 2. The Hall–Kier alpha value is -2.37. The van der Waals surface area contributed by atoms with Crippen LogP contribution >= 0.6 is 11.6 Å². The van der Waals surface area contributed by atoms with E-state index in [1.165, 1.54) is 24.3 Å². The van der Waals surface area contributed by atoms with Crippen LogP contribution in [0.4, 0.5) is 13.2 Å². The van der Waals surface area contributed by atoms with Gasteiger partial charge in [0, 0.05) is 27.0 Å². The van der Waals surface area contributed by atoms with Crippen molar-refractivity contribution in [3.8, 4) is 11.5 Å². The van der Waals surface area contributed by atoms with E-state index in [2.05, 4.69) is 4.18 Å². The maximum absolute atomic E-state index is 12.7. The summed E-state index contributed by atoms with van der Waals surface area (Å²) in [5, 5.41) is 11.5. The van der Waals surface area contributed by atoms with Gasteiger partial charge in [0.25, 0.3) is 0 Å². The van der Waals surface area contributed by atoms with Crippen molar-refractivity contribution in [3.05, 3.63) is 68.7 Å². The first kappa shape index (κ1) is 21.3. The number of rotatable bonds is 5. The molecule has 0 radical (unpaired) electrons. The quantitative estimate of drug-likeness (QED) is 0.288. The minimum Gasteiger partial charge on any atom is -0.457 e. The Bertz CT molecular complexity index is 1040. The van der Waals surface area contributed by atoms with Gasteiger partial charge in [0.2, 0.25) is 6.54 Å². The molecule has 1 heterocycles. The molecule has 0 saturated heterocycles. The number of benzene rings is 2. The summed E-state index contributed by atoms with van der Waals surface area (Å²) in [6.07, 6.45) is 0. The van der Waals surface area contributed by atoms with Crippen molar-refractivity contribution in [2.45, 2.75) is 17.3 Å². The first-order chi connectivity index (χ1) is 13.5. The topological polar surface area (TPSA) is 95.7 Å². The zero-order chi connectivity index (χ0) is 21.4. The van der Waals surface area contributed by atoms with Crippen molar-refractivity contribution in [3.63, 3.8) is 0 Å². The highest BCUT2D eigenvalue weighted by Gasteiger charge is 2.48. The van der Waals surface area contributed by atoms with Crippen LogP contribution in [-0.2, 0) is 14.3 Å². The fourth-order valence-corrected chi connectivity index (χ4v) is 3.80. The average Bonchev–Trinajstić information content (AvgIpc) is 2.73. The van der Waals surface area contributed by atoms with Gasteiger partial charge in [0.1, 0.15) is 11.5 Å². The van der Waals surface area contributed by atoms with Gasteiger partial charge in [-0.1, -0.05) is 29.8 Å². The third-order valence-electron chi connectivity index (χ3n) is 4.43. The molecule has 156 valence electrons. The number of hydrogen-bond donors (Lipinski definition) is 0. The molecule has 3 rings (SSSR count). The third-order valence-corrected chi connectivity index (χ3v) is 5.68. The molecule has 0 amide bonds. The van der Waals surface area contributed by atoms with E-state index in [1.54, 1.807) is 18.2 Å². The summed E-state index contributed by atoms with van der Waals surface area (Å²) in [4.78, 5) is 10.6. The van der Waals surface area contributed by atoms with Crippen LogP contribution < -0.4 is 4.74 Å². The standard InChI is InChI=1S/C17H13ClF3NO6S/c18-10-5-6-16-12(7-10)14(9-27-29(25,26)17(19,20)21)13(8-22(23)24)11-3-1-2-4-15(11)28-16/h1-7,13-14H,8-9H2. The summed E-state index contributed by atoms with van der Waals surface area (Å²) in [6, 6.07) is 10.6. The van der Waals surface area contributed by atoms with Crippen molar-refractivity contribution in [2.75, 3.05) is 13.2 Å². The Morgan fingerprint density at radius 1 is 1.10 bits per heavy atom. The smallest absolute Gasteiger partial charge is 0.457 e. The highest BCUT2D eigenvalue weighted by atomic mass is 35.5. The van der Waals surface area contributed by atoms with Crippen LogP contribution in [0.25, 0.3) is 0 Å². The Morgan fingerprint density at radius 2 is 1.76 bits per heavy atom. The average molecular weight is 452 g/mol. The maximum atomic E-state index is 12.7. The normalized spacial score (nSPS) is 18.9. The van der Waals surface area contributed by atoms with Crippen LogP contribution in [0.15, 0.2) is 42.5 Å². The largest absolute Gasteiger partial charge is 0.523 e. The fourth-order valence-electron chi connectivity index (χ4n) is 3.16. The lowest BCUT2D eigenvalue weighted by atomic mass is 9.82. The molecule has 2 unspecified atom stereocenters. The van der Waals surface area contributed by atoms with Crippen LogP contribution in [0, 0.1) is 10.1 Å². The molecule has 1 aliphatic rings. The van der Waals surface area contributed by atoms with Crippen LogP contribution in [0.1, 0.15) is 23.0 Å². The molecule has 29 heavy (non-hydrogen) atoms. The van der Waals surface area contributed by atoms with E-state index in [0.29, 0.717) is 5.56 Å². The molecule has 0 spiro atoms. The first-order valence-corrected chi connectivity index (χ1v) is 9.92. The lowest BCUT2D eigenvalue weighted by Gasteiger charge is -2.24. The van der Waals surface area contributed by atoms with Crippen LogP contribution in [0.3, 0.4) is 0 Å². The lowest BCUT2D eigenvalue weighted by Crippen LogP contribution is -2.29. The maximum Gasteiger partial charge on any atom is 0.523 e. The van der Waals surface area contributed by atoms with Crippen molar-refractivity contribution in [1.82, 2.24) is 0 Å². The lowest BCUT2D eigenvalue weighted by molar-refractivity contribution is -0.484. The second-order valence-corrected chi connectivity index (χ2v) is 8.28. The van der Waals surface area contributed by atoms with Gasteiger partial charge in [-0.2, -0.15) is 21.6 Å². The number of para-hydroxylation sites is 1. The van der Waals surface area contributed by atoms with Gasteiger partial charge in [0.05, 0.1) is 12.5 Å². The zero-order valence-corrected chi connectivity index (χ0v) is 16.0. The number of alkyl halides is 3. The van der Waals surface area contributed by atoms with Gasteiger partial charge in [-0.15, -0.1) is 0 Å². The van der Waals surface area contributed by atoms with Gasteiger partial charge in [-0.25, -0.2) is 0 Å². The molecule has 2 atom stereocenters. The Labute approximate surface area is 168 Å². The molecule has 0 saturated carbocycles. The minimum atomic E-state index is -5.89. The van der Waals surface area contributed by atoms with Crippen LogP contribution in [0.2, 0.25) is 5.02 Å². The first-order valence-electron chi connectivity index (χ1n) is 8.13. The third kappa shape index (κ3) is 4.46. The summed E-state index contributed by atoms with van der Waals surface area (Å²) < 4.78 is 70.9. The summed E-state index contributed by atoms with van der Waals surface area (Å²) in [7, 11) is -5.89. The summed E-state index contributed by atoms with van der Waals surface area (Å²) in [5.74, 6) is -1.71. The molecular weight excluding hydrogens is 439 g/mol. The molecule has 0 fully saturated rings. The van der Waals surface area contributed by atoms with Crippen molar-refractivity contribution in [2.24, 2.45) is 0 Å². The second-order valence-electron chi connectivity index (χ2n) is 6.23. The Kier molecular flexibility index (Phi) is 5.74. The van der Waals surface area contributed by atoms with Crippen LogP contribution in [-0.4, -0.2) is 32.0 Å². The van der Waals surface area contributed by atoms with Gasteiger partial charge >= 0.3 is 15.6 Å². The Morgan fingerprint density at radius 3 is 2.41 bits per heavy atom. The van der Waals surface area contributed by atoms with Crippen LogP contribution in [0.5, 0.6) is 11.5 Å². The monoisotopic (exact) mass is 451 g/mol. The van der Waals surface area contributed by atoms with Gasteiger partial charge in [0.15, 0.2) is 0 Å². The highest BCUT2D eigenvalue weighted by molar-refractivity contribution is 7.87. The predicted octanol–water partition coefficient (Wildman–Crippen LogP) is 4.46. The van der Waals surface area contributed by atoms with Gasteiger partial charge < -0.3 is 4.74 Å². The van der Waals surface area contributed by atoms with E-state index < -0.39 is 45.5 Å². The van der Waals surface area contributed by atoms with E-state index in [0.717, 1.165) is 0 Å². The van der Waals surface area contributed by atoms with E-state index in [9.17, 15) is 31.7 Å². The molecular formula is C17H13ClF3NO6S. The zero-order valence-electron chi connectivity index (χ0n) is 14.4. The molecule has 1 aliphatic heterocycles. The predicted molar refractivity (Wildman–Crippen MR) is 96.2 cm³/mol. The summed E-state index contributed by atoms with van der Waals surface area (Å²) in [6.45, 7) is -1.67. The fraction of sp³-hybridized carbons (Fsp3) is 0.294. The Balaban J connectivity index is 2.12. The van der Waals surface area contributed by atoms with Gasteiger partial charge in [-0.05, 0) is 24.3 Å². The number of nitro groups is 1. The molecule has 0 aromatic heterocycles. The highest BCUT2D eigenvalue weighted by Crippen LogP contribution is 2.47. The molecule has 0 aliphatic carbocycles. The molecule has 2 aromatic carbocycles. The molecule has 2 aromatic rings. The molecule has 7 nitrogen and oxygen atoms in total. The summed E-state index contributed by atoms with van der Waals surface area (Å²) >= 11 is 5.99. The SMILES string of the molecule is O=[N+]([O-])CC1c2ccccc2Oc2ccc(Cl)cc2C1COS(=O)(=O)C(F)(F)F. The van der Waals surface area contributed by atoms with Crippen molar-refractivity contribution < 1.29 is 35.4 Å². The minimum absolute atomic E-state index is 0.186. The number of hydrogen-bond acceptors (Lipinski definition) is 6. The number of ether oxygens (including phenoxy) is 1. The van der Waals surface area contributed by atoms with E-state index in [1.807, 2.05) is 0 Å². The van der Waals surface area contributed by atoms with Crippen molar-refractivity contribution in [1.29, 1.82) is 0 Å². The molecule has 0 N–H and O–H groups in total. The number of halogens is 4. The van der Waals surface area contributed by atoms with E-state index in [-0.39, 0.29) is 22.1 Å². The molecule has 0 bridgehead atoms. The second kappa shape index (κ2) is 7.81. The number of nitrogens with zero attached hydrogens (tertiary/aromatic N) is 1. The van der Waals surface area contributed by atoms with E-state index in [4.69, 9.17) is 16.3 Å². The van der Waals surface area contributed by atoms with Gasteiger partial charge in [-0.3, -0.25) is 14.3 Å².